The number of hydrogen-bond acceptors (Lipinski definition) is 6. The Balaban J connectivity index is 1.86. The topological polar surface area (TPSA) is 69.9 Å². The van der Waals surface area contributed by atoms with Gasteiger partial charge in [-0.1, -0.05) is 12.1 Å². The fourth-order valence-corrected chi connectivity index (χ4v) is 3.74. The van der Waals surface area contributed by atoms with E-state index in [1.54, 1.807) is 32.6 Å². The number of aromatic nitrogens is 2. The summed E-state index contributed by atoms with van der Waals surface area (Å²) in [7, 11) is 3.44. The zero-order valence-electron chi connectivity index (χ0n) is 14.8. The zero-order valence-corrected chi connectivity index (χ0v) is 16.4. The predicted octanol–water partition coefficient (Wildman–Crippen LogP) is 5.04. The Morgan fingerprint density at radius 1 is 1.26 bits per heavy atom. The number of thiazole rings is 1. The average molecular weight is 393 g/mol. The molecular formula is C20H16N4OS2. The predicted molar refractivity (Wildman–Crippen MR) is 110 cm³/mol. The molecule has 0 spiro atoms. The van der Waals surface area contributed by atoms with Crippen molar-refractivity contribution in [2.45, 2.75) is 4.90 Å². The number of nitriles is 1. The van der Waals surface area contributed by atoms with Crippen molar-refractivity contribution in [2.24, 2.45) is 0 Å². The molecule has 2 heterocycles. The van der Waals surface area contributed by atoms with Crippen LogP contribution in [0.3, 0.4) is 0 Å². The molecule has 2 aromatic heterocycles. The van der Waals surface area contributed by atoms with Gasteiger partial charge in [0.25, 0.3) is 5.24 Å². The third kappa shape index (κ3) is 4.82. The van der Waals surface area contributed by atoms with Crippen LogP contribution >= 0.6 is 23.1 Å². The lowest BCUT2D eigenvalue weighted by molar-refractivity contribution is 0.241. The van der Waals surface area contributed by atoms with Crippen LogP contribution in [0.15, 0.2) is 59.1 Å². The molecule has 0 aliphatic carbocycles. The number of rotatable bonds is 4. The van der Waals surface area contributed by atoms with E-state index in [9.17, 15) is 10.1 Å². The van der Waals surface area contributed by atoms with Gasteiger partial charge in [0, 0.05) is 42.3 Å². The fourth-order valence-electron chi connectivity index (χ4n) is 2.22. The standard InChI is InChI=1S/C20H16N4OS2/c1-24(2)20(25)27-17-5-3-4-14(11-17)10-16(12-21)19-23-18(13-26-19)15-6-8-22-9-7-15/h3-11,13H,1-2H3. The van der Waals surface area contributed by atoms with Crippen LogP contribution < -0.4 is 0 Å². The SMILES string of the molecule is CN(C)C(=O)Sc1cccc(C=C(C#N)c2nc(-c3ccncc3)cs2)c1. The number of hydrogen-bond donors (Lipinski definition) is 0. The number of benzene rings is 1. The summed E-state index contributed by atoms with van der Waals surface area (Å²) in [5, 5.41) is 12.1. The second-order valence-corrected chi connectivity index (χ2v) is 7.66. The zero-order chi connectivity index (χ0) is 19.2. The summed E-state index contributed by atoms with van der Waals surface area (Å²) in [6, 6.07) is 13.5. The van der Waals surface area contributed by atoms with E-state index >= 15 is 0 Å². The summed E-state index contributed by atoms with van der Waals surface area (Å²) < 4.78 is 0. The number of carbonyl (C=O) groups excluding carboxylic acids is 1. The van der Waals surface area contributed by atoms with Gasteiger partial charge < -0.3 is 4.90 Å². The molecule has 0 saturated heterocycles. The van der Waals surface area contributed by atoms with Crippen LogP contribution in [0.1, 0.15) is 10.6 Å². The smallest absolute Gasteiger partial charge is 0.285 e. The van der Waals surface area contributed by atoms with Crippen molar-refractivity contribution in [2.75, 3.05) is 14.1 Å². The molecule has 3 aromatic rings. The van der Waals surface area contributed by atoms with Gasteiger partial charge in [-0.3, -0.25) is 9.78 Å². The highest BCUT2D eigenvalue weighted by Gasteiger charge is 2.10. The lowest BCUT2D eigenvalue weighted by Gasteiger charge is -2.09. The first-order valence-corrected chi connectivity index (χ1v) is 9.74. The minimum absolute atomic E-state index is 0.0430. The Hall–Kier alpha value is -2.95. The van der Waals surface area contributed by atoms with Gasteiger partial charge >= 0.3 is 0 Å². The van der Waals surface area contributed by atoms with Crippen molar-refractivity contribution >= 4 is 40.0 Å². The van der Waals surface area contributed by atoms with Gasteiger partial charge in [-0.25, -0.2) is 4.98 Å². The van der Waals surface area contributed by atoms with Crippen LogP contribution in [0, 0.1) is 11.3 Å². The van der Waals surface area contributed by atoms with Gasteiger partial charge in [0.15, 0.2) is 0 Å². The van der Waals surface area contributed by atoms with Crippen LogP contribution in [0.5, 0.6) is 0 Å². The van der Waals surface area contributed by atoms with E-state index in [2.05, 4.69) is 16.0 Å². The van der Waals surface area contributed by atoms with E-state index in [4.69, 9.17) is 0 Å². The summed E-state index contributed by atoms with van der Waals surface area (Å²) in [5.41, 5.74) is 3.12. The van der Waals surface area contributed by atoms with E-state index in [0.29, 0.717) is 10.6 Å². The van der Waals surface area contributed by atoms with Crippen molar-refractivity contribution in [3.8, 4) is 17.3 Å². The third-order valence-electron chi connectivity index (χ3n) is 3.57. The number of allylic oxidation sites excluding steroid dienone is 1. The summed E-state index contributed by atoms with van der Waals surface area (Å²) in [5.74, 6) is 0. The van der Waals surface area contributed by atoms with Crippen LogP contribution in [0.2, 0.25) is 0 Å². The molecule has 0 atom stereocenters. The van der Waals surface area contributed by atoms with Crippen molar-refractivity contribution in [3.63, 3.8) is 0 Å². The molecule has 5 nitrogen and oxygen atoms in total. The van der Waals surface area contributed by atoms with Gasteiger partial charge in [-0.2, -0.15) is 5.26 Å². The lowest BCUT2D eigenvalue weighted by atomic mass is 10.1. The molecule has 0 saturated carbocycles. The minimum atomic E-state index is -0.0430. The summed E-state index contributed by atoms with van der Waals surface area (Å²) in [6.45, 7) is 0. The highest BCUT2D eigenvalue weighted by Crippen LogP contribution is 2.28. The first kappa shape index (κ1) is 18.8. The first-order chi connectivity index (χ1) is 13.1. The molecule has 0 fully saturated rings. The molecule has 0 unspecified atom stereocenters. The van der Waals surface area contributed by atoms with Gasteiger partial charge in [-0.15, -0.1) is 11.3 Å². The molecule has 0 N–H and O–H groups in total. The van der Waals surface area contributed by atoms with Crippen molar-refractivity contribution in [3.05, 3.63) is 64.7 Å². The van der Waals surface area contributed by atoms with E-state index in [0.717, 1.165) is 33.5 Å². The monoisotopic (exact) mass is 392 g/mol. The number of thioether (sulfide) groups is 1. The van der Waals surface area contributed by atoms with Gasteiger partial charge in [-0.05, 0) is 47.7 Å². The largest absolute Gasteiger partial charge is 0.339 e. The molecular weight excluding hydrogens is 376 g/mol. The fraction of sp³-hybridized carbons (Fsp3) is 0.100. The minimum Gasteiger partial charge on any atom is -0.339 e. The van der Waals surface area contributed by atoms with E-state index in [-0.39, 0.29) is 5.24 Å². The summed E-state index contributed by atoms with van der Waals surface area (Å²) in [4.78, 5) is 22.8. The van der Waals surface area contributed by atoms with E-state index < -0.39 is 0 Å². The molecule has 3 rings (SSSR count). The van der Waals surface area contributed by atoms with Crippen LogP contribution in [-0.2, 0) is 0 Å². The highest BCUT2D eigenvalue weighted by atomic mass is 32.2. The second kappa shape index (κ2) is 8.62. The Morgan fingerprint density at radius 3 is 2.74 bits per heavy atom. The Kier molecular flexibility index (Phi) is 6.01. The number of amides is 1. The number of nitrogens with zero attached hydrogens (tertiary/aromatic N) is 4. The number of carbonyl (C=O) groups is 1. The number of pyridine rings is 1. The molecule has 0 bridgehead atoms. The van der Waals surface area contributed by atoms with Crippen LogP contribution in [0.4, 0.5) is 4.79 Å². The molecule has 0 aliphatic rings. The maximum atomic E-state index is 11.9. The third-order valence-corrected chi connectivity index (χ3v) is 5.48. The molecule has 0 radical (unpaired) electrons. The van der Waals surface area contributed by atoms with Crippen molar-refractivity contribution in [1.82, 2.24) is 14.9 Å². The second-order valence-electron chi connectivity index (χ2n) is 5.78. The molecule has 1 aromatic carbocycles. The first-order valence-electron chi connectivity index (χ1n) is 8.04. The van der Waals surface area contributed by atoms with Crippen molar-refractivity contribution in [1.29, 1.82) is 5.26 Å². The quantitative estimate of drug-likeness (QED) is 0.459. The lowest BCUT2D eigenvalue weighted by Crippen LogP contribution is -2.15. The maximum absolute atomic E-state index is 11.9. The molecule has 0 aliphatic heterocycles. The molecule has 134 valence electrons. The maximum Gasteiger partial charge on any atom is 0.285 e. The van der Waals surface area contributed by atoms with Gasteiger partial charge in [0.1, 0.15) is 11.1 Å². The van der Waals surface area contributed by atoms with Gasteiger partial charge in [0.05, 0.1) is 11.3 Å². The highest BCUT2D eigenvalue weighted by molar-refractivity contribution is 8.13. The van der Waals surface area contributed by atoms with E-state index in [1.807, 2.05) is 41.8 Å². The average Bonchev–Trinajstić information content (AvgIpc) is 3.17. The molecule has 27 heavy (non-hydrogen) atoms. The van der Waals surface area contributed by atoms with E-state index in [1.165, 1.54) is 16.2 Å². The van der Waals surface area contributed by atoms with Crippen LogP contribution in [-0.4, -0.2) is 34.2 Å². The Morgan fingerprint density at radius 2 is 2.04 bits per heavy atom. The Bertz CT molecular complexity index is 1020. The van der Waals surface area contributed by atoms with Gasteiger partial charge in [0.2, 0.25) is 0 Å². The van der Waals surface area contributed by atoms with Crippen LogP contribution in [0.25, 0.3) is 22.9 Å². The summed E-state index contributed by atoms with van der Waals surface area (Å²) >= 11 is 2.58. The summed E-state index contributed by atoms with van der Waals surface area (Å²) in [6.07, 6.45) is 5.22. The normalized spacial score (nSPS) is 11.1. The molecule has 7 heteroatoms. The Labute approximate surface area is 166 Å². The van der Waals surface area contributed by atoms with Crippen molar-refractivity contribution < 1.29 is 4.79 Å². The molecule has 1 amide bonds.